The van der Waals surface area contributed by atoms with E-state index in [1.807, 2.05) is 20.9 Å². The van der Waals surface area contributed by atoms with Crippen molar-refractivity contribution in [3.63, 3.8) is 0 Å². The van der Waals surface area contributed by atoms with Crippen LogP contribution < -0.4 is 18.9 Å². The molecule has 0 aliphatic carbocycles. The van der Waals surface area contributed by atoms with E-state index in [0.29, 0.717) is 41.5 Å². The zero-order valence-electron chi connectivity index (χ0n) is 24.9. The minimum Gasteiger partial charge on any atom is -0.504 e. The van der Waals surface area contributed by atoms with Gasteiger partial charge in [0.1, 0.15) is 12.4 Å². The van der Waals surface area contributed by atoms with Crippen LogP contribution >= 0.6 is 11.8 Å². The Morgan fingerprint density at radius 3 is 2.58 bits per heavy atom. The summed E-state index contributed by atoms with van der Waals surface area (Å²) in [5.74, 6) is -0.198. The van der Waals surface area contributed by atoms with Crippen LogP contribution in [0.4, 0.5) is 0 Å². The number of aryl methyl sites for hydroxylation is 1. The molecule has 6 aliphatic heterocycles. The standard InChI is InChI=1S/C31H34N2O9S/c1-13-7-16-8-31(4)11-32(5)22(19(16)24(36)25(13)38-6)23-29-21-20(17(33(23)31)9-39-30(37)18(35)10-43-29)28-27(40-12-41-28)14(2)26(21)42-15(3)34/h7,17,22-23,29,36H,8-12H2,1-6H3/t17-,22?,23?,29+,31?/m0/s1. The van der Waals surface area contributed by atoms with Gasteiger partial charge in [0.2, 0.25) is 12.6 Å². The van der Waals surface area contributed by atoms with Crippen LogP contribution in [0.5, 0.6) is 28.7 Å². The SMILES string of the molecule is COc1c(C)cc2c(c1O)C1C3[C@@H]4SCC(=O)C(=O)OC[C@@H](c5c6c(c(C)c(OC(C)=O)c54)OCO6)N3C(C)(C2)CN1C. The number of hydrogen-bond donors (Lipinski definition) is 1. The van der Waals surface area contributed by atoms with Gasteiger partial charge in [-0.05, 0) is 45.4 Å². The molecule has 4 unspecified atom stereocenters. The lowest BCUT2D eigenvalue weighted by Crippen LogP contribution is -2.68. The van der Waals surface area contributed by atoms with E-state index in [4.69, 9.17) is 23.7 Å². The predicted molar refractivity (Wildman–Crippen MR) is 155 cm³/mol. The average molecular weight is 611 g/mol. The van der Waals surface area contributed by atoms with Crippen LogP contribution in [0.3, 0.4) is 0 Å². The maximum absolute atomic E-state index is 12.9. The highest BCUT2D eigenvalue weighted by Crippen LogP contribution is 2.65. The third-order valence-electron chi connectivity index (χ3n) is 9.55. The number of carbonyl (C=O) groups excluding carboxylic acids is 3. The maximum atomic E-state index is 12.9. The number of aromatic hydroxyl groups is 1. The van der Waals surface area contributed by atoms with Gasteiger partial charge >= 0.3 is 11.9 Å². The van der Waals surface area contributed by atoms with Crippen LogP contribution in [0.15, 0.2) is 6.07 Å². The Bertz CT molecular complexity index is 1610. The summed E-state index contributed by atoms with van der Waals surface area (Å²) in [6.07, 6.45) is 0.608. The van der Waals surface area contributed by atoms with E-state index >= 15 is 0 Å². The molecule has 0 saturated carbocycles. The van der Waals surface area contributed by atoms with Crippen molar-refractivity contribution in [2.45, 2.75) is 63.0 Å². The van der Waals surface area contributed by atoms with Gasteiger partial charge in [0, 0.05) is 47.3 Å². The highest BCUT2D eigenvalue weighted by molar-refractivity contribution is 8.00. The van der Waals surface area contributed by atoms with Gasteiger partial charge in [-0.1, -0.05) is 6.07 Å². The largest absolute Gasteiger partial charge is 0.504 e. The van der Waals surface area contributed by atoms with Crippen molar-refractivity contribution in [2.24, 2.45) is 0 Å². The molecule has 8 rings (SSSR count). The van der Waals surface area contributed by atoms with E-state index in [2.05, 4.69) is 22.8 Å². The number of phenolic OH excluding ortho intramolecular Hbond substituents is 1. The number of methoxy groups -OCH3 is 1. The Balaban J connectivity index is 1.57. The first kappa shape index (κ1) is 28.3. The molecule has 0 amide bonds. The van der Waals surface area contributed by atoms with Crippen LogP contribution in [0.2, 0.25) is 0 Å². The number of rotatable bonds is 2. The van der Waals surface area contributed by atoms with Gasteiger partial charge in [-0.25, -0.2) is 4.79 Å². The summed E-state index contributed by atoms with van der Waals surface area (Å²) in [4.78, 5) is 42.9. The van der Waals surface area contributed by atoms with Gasteiger partial charge in [0.15, 0.2) is 23.0 Å². The molecule has 2 aromatic carbocycles. The molecule has 228 valence electrons. The third kappa shape index (κ3) is 3.92. The Labute approximate surface area is 253 Å². The minimum absolute atomic E-state index is 0.000610. The van der Waals surface area contributed by atoms with Gasteiger partial charge in [-0.15, -0.1) is 11.8 Å². The highest BCUT2D eigenvalue weighted by Gasteiger charge is 2.61. The van der Waals surface area contributed by atoms with E-state index < -0.39 is 34.6 Å². The molecular weight excluding hydrogens is 576 g/mol. The van der Waals surface area contributed by atoms with Crippen molar-refractivity contribution in [3.8, 4) is 28.7 Å². The second-order valence-corrected chi connectivity index (χ2v) is 13.4. The van der Waals surface area contributed by atoms with Crippen LogP contribution in [0.25, 0.3) is 0 Å². The van der Waals surface area contributed by atoms with E-state index in [1.165, 1.54) is 18.7 Å². The summed E-state index contributed by atoms with van der Waals surface area (Å²) < 4.78 is 29.3. The quantitative estimate of drug-likeness (QED) is 0.305. The van der Waals surface area contributed by atoms with Crippen LogP contribution in [0, 0.1) is 13.8 Å². The molecule has 2 fully saturated rings. The summed E-state index contributed by atoms with van der Waals surface area (Å²) >= 11 is 1.32. The van der Waals surface area contributed by atoms with Crippen molar-refractivity contribution in [3.05, 3.63) is 39.4 Å². The second-order valence-electron chi connectivity index (χ2n) is 12.3. The smallest absolute Gasteiger partial charge is 0.375 e. The van der Waals surface area contributed by atoms with E-state index in [9.17, 15) is 19.5 Å². The molecule has 0 radical (unpaired) electrons. The Morgan fingerprint density at radius 2 is 1.86 bits per heavy atom. The van der Waals surface area contributed by atoms with Gasteiger partial charge < -0.3 is 28.8 Å². The van der Waals surface area contributed by atoms with Crippen molar-refractivity contribution in [1.82, 2.24) is 9.80 Å². The first-order chi connectivity index (χ1) is 20.5. The predicted octanol–water partition coefficient (Wildman–Crippen LogP) is 3.30. The molecule has 0 spiro atoms. The first-order valence-electron chi connectivity index (χ1n) is 14.3. The number of ketones is 1. The van der Waals surface area contributed by atoms with Crippen LogP contribution in [0.1, 0.15) is 64.6 Å². The molecule has 6 atom stereocenters. The monoisotopic (exact) mass is 610 g/mol. The van der Waals surface area contributed by atoms with Gasteiger partial charge in [-0.3, -0.25) is 19.4 Å². The Kier molecular flexibility index (Phi) is 6.43. The molecule has 0 aromatic heterocycles. The lowest BCUT2D eigenvalue weighted by molar-refractivity contribution is -0.158. The van der Waals surface area contributed by atoms with E-state index in [-0.39, 0.29) is 37.0 Å². The molecule has 1 N–H and O–H groups in total. The number of ether oxygens (including phenoxy) is 5. The number of nitrogens with zero attached hydrogens (tertiary/aromatic N) is 2. The van der Waals surface area contributed by atoms with Crippen molar-refractivity contribution < 1.29 is 43.2 Å². The molecule has 6 aliphatic rings. The normalized spacial score (nSPS) is 30.6. The molecule has 43 heavy (non-hydrogen) atoms. The third-order valence-corrected chi connectivity index (χ3v) is 10.8. The van der Waals surface area contributed by atoms with Crippen molar-refractivity contribution >= 4 is 29.5 Å². The molecule has 12 heteroatoms. The summed E-state index contributed by atoms with van der Waals surface area (Å²) in [5, 5.41) is 11.3. The average Bonchev–Trinajstić information content (AvgIpc) is 3.36. The second kappa shape index (κ2) is 9.76. The number of fused-ring (bicyclic) bond motifs is 6. The summed E-state index contributed by atoms with van der Waals surface area (Å²) in [6, 6.07) is 0.864. The number of cyclic esters (lactones) is 1. The van der Waals surface area contributed by atoms with Crippen molar-refractivity contribution in [1.29, 1.82) is 0 Å². The highest BCUT2D eigenvalue weighted by atomic mass is 32.2. The van der Waals surface area contributed by atoms with E-state index in [0.717, 1.165) is 27.8 Å². The number of piperazine rings is 1. The summed E-state index contributed by atoms with van der Waals surface area (Å²) in [6.45, 7) is 7.83. The lowest BCUT2D eigenvalue weighted by atomic mass is 9.76. The number of esters is 2. The number of carbonyl (C=O) groups is 3. The van der Waals surface area contributed by atoms with Gasteiger partial charge in [-0.2, -0.15) is 0 Å². The number of likely N-dealkylation sites (N-methyl/N-ethyl adjacent to an activating group) is 1. The number of hydrogen-bond acceptors (Lipinski definition) is 12. The van der Waals surface area contributed by atoms with E-state index in [1.54, 1.807) is 7.11 Å². The number of Topliss-reactive ketones (excluding diaryl/α,β-unsaturated/α-hetero) is 1. The molecule has 2 saturated heterocycles. The van der Waals surface area contributed by atoms with Gasteiger partial charge in [0.05, 0.1) is 30.2 Å². The van der Waals surface area contributed by atoms with Crippen LogP contribution in [-0.4, -0.2) is 84.1 Å². The number of benzene rings is 2. The number of phenols is 1. The fraction of sp³-hybridized carbons (Fsp3) is 0.516. The summed E-state index contributed by atoms with van der Waals surface area (Å²) in [5.41, 5.74) is 4.22. The van der Waals surface area contributed by atoms with Crippen molar-refractivity contribution in [2.75, 3.05) is 39.9 Å². The topological polar surface area (TPSA) is 124 Å². The molecule has 2 aromatic rings. The molecular formula is C31H34N2O9S. The number of thioether (sulfide) groups is 1. The first-order valence-corrected chi connectivity index (χ1v) is 15.4. The van der Waals surface area contributed by atoms with Gasteiger partial charge in [0.25, 0.3) is 0 Å². The fourth-order valence-corrected chi connectivity index (χ4v) is 9.57. The molecule has 4 bridgehead atoms. The van der Waals surface area contributed by atoms with Crippen LogP contribution in [-0.2, 0) is 25.5 Å². The Morgan fingerprint density at radius 1 is 1.12 bits per heavy atom. The zero-order valence-corrected chi connectivity index (χ0v) is 25.8. The fourth-order valence-electron chi connectivity index (χ4n) is 8.24. The summed E-state index contributed by atoms with van der Waals surface area (Å²) in [7, 11) is 3.59. The zero-order chi connectivity index (χ0) is 30.5. The molecule has 6 heterocycles. The maximum Gasteiger partial charge on any atom is 0.375 e. The molecule has 11 nitrogen and oxygen atoms in total. The minimum atomic E-state index is -0.872. The lowest BCUT2D eigenvalue weighted by Gasteiger charge is -2.61. The Hall–Kier alpha value is -3.48.